The van der Waals surface area contributed by atoms with E-state index in [1.54, 1.807) is 0 Å². The van der Waals surface area contributed by atoms with Crippen LogP contribution in [0.2, 0.25) is 0 Å². The van der Waals surface area contributed by atoms with Crippen LogP contribution >= 0.6 is 0 Å². The summed E-state index contributed by atoms with van der Waals surface area (Å²) in [5.41, 5.74) is 7.46. The van der Waals surface area contributed by atoms with Gasteiger partial charge >= 0.3 is 0 Å². The van der Waals surface area contributed by atoms with Crippen LogP contribution in [0, 0.1) is 0 Å². The van der Waals surface area contributed by atoms with Crippen molar-refractivity contribution in [1.29, 1.82) is 0 Å². The molecule has 2 unspecified atom stereocenters. The van der Waals surface area contributed by atoms with Crippen LogP contribution in [0.25, 0.3) is 0 Å². The lowest BCUT2D eigenvalue weighted by Crippen LogP contribution is -2.53. The lowest BCUT2D eigenvalue weighted by molar-refractivity contribution is 0.0521. The molecule has 1 aliphatic heterocycles. The molecule has 1 aromatic carbocycles. The fourth-order valence-electron chi connectivity index (χ4n) is 3.59. The van der Waals surface area contributed by atoms with Crippen LogP contribution in [0.3, 0.4) is 0 Å². The number of nitrogens with zero attached hydrogens (tertiary/aromatic N) is 2. The zero-order chi connectivity index (χ0) is 17.4. The van der Waals surface area contributed by atoms with E-state index in [0.717, 1.165) is 38.4 Å². The van der Waals surface area contributed by atoms with E-state index in [1.165, 1.54) is 24.8 Å². The van der Waals surface area contributed by atoms with Gasteiger partial charge in [-0.1, -0.05) is 38.8 Å². The summed E-state index contributed by atoms with van der Waals surface area (Å²) in [6, 6.07) is 9.47. The summed E-state index contributed by atoms with van der Waals surface area (Å²) in [6.45, 7) is 9.30. The van der Waals surface area contributed by atoms with Gasteiger partial charge in [0.15, 0.2) is 0 Å². The van der Waals surface area contributed by atoms with E-state index in [9.17, 15) is 0 Å². The third kappa shape index (κ3) is 5.20. The lowest BCUT2D eigenvalue weighted by Gasteiger charge is -2.44. The molecule has 0 saturated carbocycles. The number of nitrogens with two attached hydrogens (primary N) is 1. The molecule has 0 radical (unpaired) electrons. The van der Waals surface area contributed by atoms with Crippen LogP contribution in [-0.4, -0.2) is 55.7 Å². The van der Waals surface area contributed by atoms with Crippen LogP contribution < -0.4 is 10.5 Å². The SMILES string of the molecule is CCCCCOc1ccc(C(CN)N2CCN(C)CC2CC)cc1. The third-order valence-electron chi connectivity index (χ3n) is 5.11. The number of likely N-dealkylation sites (N-methyl/N-ethyl adjacent to an activating group) is 1. The van der Waals surface area contributed by atoms with Gasteiger partial charge in [0.05, 0.1) is 6.61 Å². The molecule has 2 rings (SSSR count). The Labute approximate surface area is 148 Å². The predicted molar refractivity (Wildman–Crippen MR) is 102 cm³/mol. The maximum Gasteiger partial charge on any atom is 0.119 e. The highest BCUT2D eigenvalue weighted by Crippen LogP contribution is 2.27. The molecule has 0 aliphatic carbocycles. The summed E-state index contributed by atoms with van der Waals surface area (Å²) in [6.07, 6.45) is 4.75. The summed E-state index contributed by atoms with van der Waals surface area (Å²) in [5, 5.41) is 0. The van der Waals surface area contributed by atoms with Crippen molar-refractivity contribution in [2.45, 2.75) is 51.6 Å². The zero-order valence-electron chi connectivity index (χ0n) is 15.7. The average Bonchev–Trinajstić information content (AvgIpc) is 2.61. The summed E-state index contributed by atoms with van der Waals surface area (Å²) in [5.74, 6) is 0.969. The van der Waals surface area contributed by atoms with Crippen LogP contribution in [0.5, 0.6) is 5.75 Å². The van der Waals surface area contributed by atoms with Gasteiger partial charge in [-0.15, -0.1) is 0 Å². The van der Waals surface area contributed by atoms with Gasteiger partial charge in [-0.3, -0.25) is 4.90 Å². The summed E-state index contributed by atoms with van der Waals surface area (Å²) in [7, 11) is 2.21. The smallest absolute Gasteiger partial charge is 0.119 e. The molecular formula is C20H35N3O. The second-order valence-corrected chi connectivity index (χ2v) is 6.94. The quantitative estimate of drug-likeness (QED) is 0.704. The number of unbranched alkanes of at least 4 members (excludes halogenated alkanes) is 2. The van der Waals surface area contributed by atoms with E-state index < -0.39 is 0 Å². The maximum absolute atomic E-state index is 6.15. The van der Waals surface area contributed by atoms with Gasteiger partial charge in [0.25, 0.3) is 0 Å². The van der Waals surface area contributed by atoms with Gasteiger partial charge in [-0.25, -0.2) is 0 Å². The van der Waals surface area contributed by atoms with Gasteiger partial charge in [0.2, 0.25) is 0 Å². The van der Waals surface area contributed by atoms with E-state index in [-0.39, 0.29) is 0 Å². The minimum atomic E-state index is 0.304. The van der Waals surface area contributed by atoms with Crippen LogP contribution in [-0.2, 0) is 0 Å². The Morgan fingerprint density at radius 3 is 2.54 bits per heavy atom. The Morgan fingerprint density at radius 2 is 1.92 bits per heavy atom. The first-order chi connectivity index (χ1) is 11.7. The number of hydrogen-bond donors (Lipinski definition) is 1. The van der Waals surface area contributed by atoms with E-state index in [0.29, 0.717) is 18.6 Å². The van der Waals surface area contributed by atoms with E-state index >= 15 is 0 Å². The highest BCUT2D eigenvalue weighted by atomic mass is 16.5. The topological polar surface area (TPSA) is 41.7 Å². The molecule has 1 saturated heterocycles. The van der Waals surface area contributed by atoms with Gasteiger partial charge in [0, 0.05) is 38.3 Å². The summed E-state index contributed by atoms with van der Waals surface area (Å²) >= 11 is 0. The molecule has 1 heterocycles. The molecule has 0 bridgehead atoms. The van der Waals surface area contributed by atoms with Crippen molar-refractivity contribution in [2.24, 2.45) is 5.73 Å². The van der Waals surface area contributed by atoms with Gasteiger partial charge in [-0.2, -0.15) is 0 Å². The van der Waals surface area contributed by atoms with Crippen LogP contribution in [0.4, 0.5) is 0 Å². The fourth-order valence-corrected chi connectivity index (χ4v) is 3.59. The van der Waals surface area contributed by atoms with E-state index in [4.69, 9.17) is 10.5 Å². The minimum Gasteiger partial charge on any atom is -0.494 e. The second kappa shape index (κ2) is 10.0. The Balaban J connectivity index is 1.99. The van der Waals surface area contributed by atoms with Crippen molar-refractivity contribution in [1.82, 2.24) is 9.80 Å². The highest BCUT2D eigenvalue weighted by molar-refractivity contribution is 5.29. The molecule has 136 valence electrons. The first-order valence-corrected chi connectivity index (χ1v) is 9.56. The zero-order valence-corrected chi connectivity index (χ0v) is 15.7. The third-order valence-corrected chi connectivity index (χ3v) is 5.11. The lowest BCUT2D eigenvalue weighted by atomic mass is 10.00. The fraction of sp³-hybridized carbons (Fsp3) is 0.700. The van der Waals surface area contributed by atoms with Gasteiger partial charge < -0.3 is 15.4 Å². The molecule has 2 N–H and O–H groups in total. The second-order valence-electron chi connectivity index (χ2n) is 6.94. The molecule has 0 spiro atoms. The molecule has 4 heteroatoms. The standard InChI is InChI=1S/C20H35N3O/c1-4-6-7-14-24-19-10-8-17(9-11-19)20(15-21)23-13-12-22(3)16-18(23)5-2/h8-11,18,20H,4-7,12-16,21H2,1-3H3. The first kappa shape index (κ1) is 19.2. The molecule has 0 aromatic heterocycles. The monoisotopic (exact) mass is 333 g/mol. The largest absolute Gasteiger partial charge is 0.494 e. The van der Waals surface area contributed by atoms with Crippen LogP contribution in [0.1, 0.15) is 51.1 Å². The molecule has 1 aromatic rings. The van der Waals surface area contributed by atoms with Crippen molar-refractivity contribution in [2.75, 3.05) is 39.8 Å². The molecule has 1 fully saturated rings. The van der Waals surface area contributed by atoms with Gasteiger partial charge in [0.1, 0.15) is 5.75 Å². The van der Waals surface area contributed by atoms with Crippen molar-refractivity contribution in [3.8, 4) is 5.75 Å². The van der Waals surface area contributed by atoms with Gasteiger partial charge in [-0.05, 0) is 37.6 Å². The molecule has 24 heavy (non-hydrogen) atoms. The normalized spacial score (nSPS) is 20.9. The minimum absolute atomic E-state index is 0.304. The number of hydrogen-bond acceptors (Lipinski definition) is 4. The maximum atomic E-state index is 6.15. The van der Waals surface area contributed by atoms with E-state index in [2.05, 4.69) is 55.0 Å². The highest BCUT2D eigenvalue weighted by Gasteiger charge is 2.29. The summed E-state index contributed by atoms with van der Waals surface area (Å²) < 4.78 is 5.83. The van der Waals surface area contributed by atoms with Crippen LogP contribution in [0.15, 0.2) is 24.3 Å². The molecular weight excluding hydrogens is 298 g/mol. The number of rotatable bonds is 9. The van der Waals surface area contributed by atoms with Crippen molar-refractivity contribution < 1.29 is 4.74 Å². The summed E-state index contributed by atoms with van der Waals surface area (Å²) in [4.78, 5) is 5.02. The predicted octanol–water partition coefficient (Wildman–Crippen LogP) is 3.28. The molecule has 0 amide bonds. The Hall–Kier alpha value is -1.10. The first-order valence-electron chi connectivity index (χ1n) is 9.56. The van der Waals surface area contributed by atoms with E-state index in [1.807, 2.05) is 0 Å². The number of benzene rings is 1. The van der Waals surface area contributed by atoms with Crippen molar-refractivity contribution in [3.05, 3.63) is 29.8 Å². The Bertz CT molecular complexity index is 462. The average molecular weight is 334 g/mol. The van der Waals surface area contributed by atoms with Crippen molar-refractivity contribution >= 4 is 0 Å². The Kier molecular flexibility index (Phi) is 8.03. The molecule has 1 aliphatic rings. The molecule has 2 atom stereocenters. The molecule has 4 nitrogen and oxygen atoms in total. The van der Waals surface area contributed by atoms with Crippen molar-refractivity contribution in [3.63, 3.8) is 0 Å². The number of ether oxygens (including phenoxy) is 1. The Morgan fingerprint density at radius 1 is 1.17 bits per heavy atom. The number of piperazine rings is 1.